The van der Waals surface area contributed by atoms with Crippen molar-refractivity contribution in [3.8, 4) is 0 Å². The number of likely N-dealkylation sites (tertiary alicyclic amines) is 1. The van der Waals surface area contributed by atoms with E-state index in [1.807, 2.05) is 20.8 Å². The maximum Gasteiger partial charge on any atom is 0.412 e. The summed E-state index contributed by atoms with van der Waals surface area (Å²) in [5.74, 6) is 0. The zero-order valence-electron chi connectivity index (χ0n) is 10.7. The molecular formula is C12H23NO3. The largest absolute Gasteiger partial charge is 0.444 e. The fourth-order valence-corrected chi connectivity index (χ4v) is 2.07. The quantitative estimate of drug-likeness (QED) is 0.791. The number of hydrogen-bond acceptors (Lipinski definition) is 3. The molecule has 1 fully saturated rings. The van der Waals surface area contributed by atoms with Crippen LogP contribution in [0.5, 0.6) is 0 Å². The standard InChI is InChI=1S/C12H23NO3/c1-5-6-9-7-8-10(14)13(9)11(15)16-12(2,3)4/h9-10,14H,5-8H2,1-4H3/t9-,10?/m0/s1. The van der Waals surface area contributed by atoms with E-state index in [9.17, 15) is 9.90 Å². The summed E-state index contributed by atoms with van der Waals surface area (Å²) in [7, 11) is 0. The Balaban J connectivity index is 2.64. The molecule has 1 rings (SSSR count). The Labute approximate surface area is 97.6 Å². The van der Waals surface area contributed by atoms with Crippen molar-refractivity contribution >= 4 is 6.09 Å². The van der Waals surface area contributed by atoms with Crippen LogP contribution in [0.15, 0.2) is 0 Å². The molecular weight excluding hydrogens is 206 g/mol. The van der Waals surface area contributed by atoms with Gasteiger partial charge >= 0.3 is 6.09 Å². The van der Waals surface area contributed by atoms with Crippen LogP contribution in [-0.4, -0.2) is 34.0 Å². The Hall–Kier alpha value is -0.770. The fraction of sp³-hybridized carbons (Fsp3) is 0.917. The summed E-state index contributed by atoms with van der Waals surface area (Å²) in [6, 6.07) is 0.134. The van der Waals surface area contributed by atoms with Crippen molar-refractivity contribution in [3.05, 3.63) is 0 Å². The van der Waals surface area contributed by atoms with E-state index in [-0.39, 0.29) is 6.04 Å². The molecule has 2 atom stereocenters. The third-order valence-corrected chi connectivity index (χ3v) is 2.70. The lowest BCUT2D eigenvalue weighted by Gasteiger charge is -2.30. The molecule has 94 valence electrons. The van der Waals surface area contributed by atoms with E-state index in [1.54, 1.807) is 0 Å². The van der Waals surface area contributed by atoms with Crippen LogP contribution in [-0.2, 0) is 4.74 Å². The maximum atomic E-state index is 11.9. The van der Waals surface area contributed by atoms with E-state index < -0.39 is 17.9 Å². The van der Waals surface area contributed by atoms with Gasteiger partial charge in [0.2, 0.25) is 0 Å². The molecule has 1 aliphatic rings. The second-order valence-electron chi connectivity index (χ2n) is 5.39. The highest BCUT2D eigenvalue weighted by Crippen LogP contribution is 2.27. The Kier molecular flexibility index (Phi) is 4.19. The second kappa shape index (κ2) is 5.04. The molecule has 0 spiro atoms. The summed E-state index contributed by atoms with van der Waals surface area (Å²) in [5.41, 5.74) is -0.504. The molecule has 16 heavy (non-hydrogen) atoms. The minimum absolute atomic E-state index is 0.134. The molecule has 1 N–H and O–H groups in total. The van der Waals surface area contributed by atoms with Crippen molar-refractivity contribution in [2.75, 3.05) is 0 Å². The first-order valence-corrected chi connectivity index (χ1v) is 6.04. The number of rotatable bonds is 2. The van der Waals surface area contributed by atoms with Gasteiger partial charge in [0.25, 0.3) is 0 Å². The minimum atomic E-state index is -0.675. The third-order valence-electron chi connectivity index (χ3n) is 2.70. The summed E-state index contributed by atoms with van der Waals surface area (Å²) < 4.78 is 5.30. The lowest BCUT2D eigenvalue weighted by molar-refractivity contribution is -0.0251. The molecule has 0 bridgehead atoms. The van der Waals surface area contributed by atoms with E-state index in [0.717, 1.165) is 19.3 Å². The first kappa shape index (κ1) is 13.3. The smallest absolute Gasteiger partial charge is 0.412 e. The topological polar surface area (TPSA) is 49.8 Å². The molecule has 0 aromatic heterocycles. The lowest BCUT2D eigenvalue weighted by atomic mass is 10.1. The van der Waals surface area contributed by atoms with Gasteiger partial charge in [0, 0.05) is 6.04 Å². The average molecular weight is 229 g/mol. The Morgan fingerprint density at radius 2 is 2.06 bits per heavy atom. The zero-order chi connectivity index (χ0) is 12.3. The SMILES string of the molecule is CCC[C@H]1CCC(O)N1C(=O)OC(C)(C)C. The Bertz CT molecular complexity index is 245. The Morgan fingerprint density at radius 3 is 2.56 bits per heavy atom. The van der Waals surface area contributed by atoms with Crippen LogP contribution in [0.1, 0.15) is 53.4 Å². The number of nitrogens with zero attached hydrogens (tertiary/aromatic N) is 1. The summed E-state index contributed by atoms with van der Waals surface area (Å²) >= 11 is 0. The van der Waals surface area contributed by atoms with Crippen LogP contribution in [0.4, 0.5) is 4.79 Å². The molecule has 1 aliphatic heterocycles. The molecule has 0 aliphatic carbocycles. The highest BCUT2D eigenvalue weighted by atomic mass is 16.6. The van der Waals surface area contributed by atoms with Gasteiger partial charge in [-0.15, -0.1) is 0 Å². The summed E-state index contributed by atoms with van der Waals surface area (Å²) in [6.07, 6.45) is 2.40. The summed E-state index contributed by atoms with van der Waals surface area (Å²) in [5, 5.41) is 9.78. The van der Waals surface area contributed by atoms with Crippen LogP contribution in [0, 0.1) is 0 Å². The van der Waals surface area contributed by atoms with E-state index >= 15 is 0 Å². The van der Waals surface area contributed by atoms with Crippen molar-refractivity contribution in [3.63, 3.8) is 0 Å². The van der Waals surface area contributed by atoms with Crippen molar-refractivity contribution < 1.29 is 14.6 Å². The highest BCUT2D eigenvalue weighted by molar-refractivity contribution is 5.69. The molecule has 1 heterocycles. The number of ether oxygens (including phenoxy) is 1. The lowest BCUT2D eigenvalue weighted by Crippen LogP contribution is -2.44. The van der Waals surface area contributed by atoms with Crippen LogP contribution in [0.3, 0.4) is 0 Å². The van der Waals surface area contributed by atoms with E-state index in [2.05, 4.69) is 6.92 Å². The predicted octanol–water partition coefficient (Wildman–Crippen LogP) is 2.50. The number of amides is 1. The molecule has 4 nitrogen and oxygen atoms in total. The maximum absolute atomic E-state index is 11.9. The number of carbonyl (C=O) groups excluding carboxylic acids is 1. The molecule has 0 aromatic carbocycles. The first-order chi connectivity index (χ1) is 7.35. The third kappa shape index (κ3) is 3.37. The Morgan fingerprint density at radius 1 is 1.44 bits per heavy atom. The van der Waals surface area contributed by atoms with Crippen molar-refractivity contribution in [1.82, 2.24) is 4.90 Å². The van der Waals surface area contributed by atoms with Gasteiger partial charge < -0.3 is 9.84 Å². The van der Waals surface area contributed by atoms with Gasteiger partial charge in [-0.1, -0.05) is 13.3 Å². The van der Waals surface area contributed by atoms with Crippen LogP contribution >= 0.6 is 0 Å². The second-order valence-corrected chi connectivity index (χ2v) is 5.39. The predicted molar refractivity (Wildman–Crippen MR) is 62.0 cm³/mol. The number of aliphatic hydroxyl groups is 1. The van der Waals surface area contributed by atoms with Gasteiger partial charge in [-0.25, -0.2) is 4.79 Å². The number of aliphatic hydroxyl groups excluding tert-OH is 1. The van der Waals surface area contributed by atoms with Gasteiger partial charge in [-0.3, -0.25) is 4.90 Å². The van der Waals surface area contributed by atoms with Gasteiger partial charge in [0.05, 0.1) is 0 Å². The molecule has 1 unspecified atom stereocenters. The molecule has 1 saturated heterocycles. The summed E-state index contributed by atoms with van der Waals surface area (Å²) in [4.78, 5) is 13.4. The zero-order valence-corrected chi connectivity index (χ0v) is 10.7. The minimum Gasteiger partial charge on any atom is -0.444 e. The van der Waals surface area contributed by atoms with Gasteiger partial charge in [0.15, 0.2) is 0 Å². The van der Waals surface area contributed by atoms with E-state index in [0.29, 0.717) is 6.42 Å². The summed E-state index contributed by atoms with van der Waals surface area (Å²) in [6.45, 7) is 7.59. The number of carbonyl (C=O) groups is 1. The monoisotopic (exact) mass is 229 g/mol. The number of hydrogen-bond donors (Lipinski definition) is 1. The first-order valence-electron chi connectivity index (χ1n) is 6.04. The molecule has 1 amide bonds. The van der Waals surface area contributed by atoms with Crippen LogP contribution in [0.25, 0.3) is 0 Å². The average Bonchev–Trinajstić information content (AvgIpc) is 2.44. The van der Waals surface area contributed by atoms with E-state index in [4.69, 9.17) is 4.74 Å². The van der Waals surface area contributed by atoms with Crippen LogP contribution < -0.4 is 0 Å². The fourth-order valence-electron chi connectivity index (χ4n) is 2.07. The molecule has 4 heteroatoms. The van der Waals surface area contributed by atoms with E-state index in [1.165, 1.54) is 4.90 Å². The van der Waals surface area contributed by atoms with Gasteiger partial charge in [-0.2, -0.15) is 0 Å². The van der Waals surface area contributed by atoms with Crippen molar-refractivity contribution in [2.45, 2.75) is 71.2 Å². The molecule has 0 aromatic rings. The van der Waals surface area contributed by atoms with Crippen LogP contribution in [0.2, 0.25) is 0 Å². The highest BCUT2D eigenvalue weighted by Gasteiger charge is 2.37. The van der Waals surface area contributed by atoms with Crippen molar-refractivity contribution in [1.29, 1.82) is 0 Å². The van der Waals surface area contributed by atoms with Gasteiger partial charge in [-0.05, 0) is 40.0 Å². The molecule has 0 saturated carbocycles. The normalized spacial score (nSPS) is 25.9. The van der Waals surface area contributed by atoms with Crippen molar-refractivity contribution in [2.24, 2.45) is 0 Å². The van der Waals surface area contributed by atoms with Gasteiger partial charge in [0.1, 0.15) is 11.8 Å². The molecule has 0 radical (unpaired) electrons.